The molecule has 0 unspecified atom stereocenters. The Bertz CT molecular complexity index is 801. The van der Waals surface area contributed by atoms with Gasteiger partial charge in [0.15, 0.2) is 6.61 Å². The average Bonchev–Trinajstić information content (AvgIpc) is 2.99. The summed E-state index contributed by atoms with van der Waals surface area (Å²) in [6.45, 7) is 4.32. The number of nitrogens with zero attached hydrogens (tertiary/aromatic N) is 1. The van der Waals surface area contributed by atoms with Crippen LogP contribution in [0.4, 0.5) is 0 Å². The van der Waals surface area contributed by atoms with Crippen LogP contribution in [0.5, 0.6) is 0 Å². The minimum Gasteiger partial charge on any atom is -0.467 e. The number of imide groups is 1. The molecule has 1 N–H and O–H groups in total. The minimum atomic E-state index is -1.21. The van der Waals surface area contributed by atoms with Crippen LogP contribution in [0.3, 0.4) is 0 Å². The third-order valence-corrected chi connectivity index (χ3v) is 4.88. The molecule has 3 atom stereocenters. The highest BCUT2D eigenvalue weighted by Crippen LogP contribution is 2.24. The lowest BCUT2D eigenvalue weighted by Crippen LogP contribution is -2.48. The number of benzene rings is 1. The molecule has 0 fully saturated rings. The average molecular weight is 404 g/mol. The summed E-state index contributed by atoms with van der Waals surface area (Å²) in [4.78, 5) is 61.9. The van der Waals surface area contributed by atoms with Crippen molar-refractivity contribution in [1.29, 1.82) is 0 Å². The summed E-state index contributed by atoms with van der Waals surface area (Å²) in [6.07, 6.45) is 0.622. The zero-order valence-corrected chi connectivity index (χ0v) is 16.8. The van der Waals surface area contributed by atoms with Gasteiger partial charge in [-0.1, -0.05) is 32.4 Å². The second kappa shape index (κ2) is 9.31. The highest BCUT2D eigenvalue weighted by atomic mass is 16.5. The van der Waals surface area contributed by atoms with Crippen molar-refractivity contribution in [2.24, 2.45) is 5.92 Å². The third kappa shape index (κ3) is 4.61. The number of fused-ring (bicyclic) bond motifs is 1. The molecule has 0 aromatic heterocycles. The number of ether oxygens (including phenoxy) is 2. The van der Waals surface area contributed by atoms with Crippen molar-refractivity contribution in [2.75, 3.05) is 13.7 Å². The smallest absolute Gasteiger partial charge is 0.329 e. The molecular formula is C20H24N2O7. The lowest BCUT2D eigenvalue weighted by Gasteiger charge is -2.23. The Morgan fingerprint density at radius 1 is 1.03 bits per heavy atom. The lowest BCUT2D eigenvalue weighted by molar-refractivity contribution is -0.153. The highest BCUT2D eigenvalue weighted by molar-refractivity contribution is 6.22. The molecular weight excluding hydrogens is 380 g/mol. The summed E-state index contributed by atoms with van der Waals surface area (Å²) < 4.78 is 9.63. The molecule has 1 aliphatic rings. The fraction of sp³-hybridized carbons (Fsp3) is 0.450. The van der Waals surface area contributed by atoms with Crippen molar-refractivity contribution in [1.82, 2.24) is 10.2 Å². The lowest BCUT2D eigenvalue weighted by atomic mass is 9.99. The Labute approximate surface area is 168 Å². The fourth-order valence-corrected chi connectivity index (χ4v) is 2.93. The summed E-state index contributed by atoms with van der Waals surface area (Å²) in [5.41, 5.74) is 0.425. The summed E-state index contributed by atoms with van der Waals surface area (Å²) in [5, 5.41) is 2.48. The Hall–Kier alpha value is -3.23. The molecule has 1 aliphatic heterocycles. The first-order valence-electron chi connectivity index (χ1n) is 9.23. The van der Waals surface area contributed by atoms with E-state index in [4.69, 9.17) is 4.74 Å². The van der Waals surface area contributed by atoms with Crippen LogP contribution < -0.4 is 5.32 Å². The Morgan fingerprint density at radius 3 is 2.07 bits per heavy atom. The molecule has 1 aromatic rings. The van der Waals surface area contributed by atoms with Crippen LogP contribution in [0.25, 0.3) is 0 Å². The molecule has 0 aliphatic carbocycles. The number of rotatable bonds is 8. The molecule has 1 heterocycles. The van der Waals surface area contributed by atoms with Gasteiger partial charge in [-0.25, -0.2) is 9.59 Å². The van der Waals surface area contributed by atoms with Crippen molar-refractivity contribution in [2.45, 2.75) is 39.3 Å². The first-order chi connectivity index (χ1) is 13.7. The normalized spacial score (nSPS) is 15.9. The van der Waals surface area contributed by atoms with Gasteiger partial charge in [0.05, 0.1) is 18.2 Å². The number of amides is 3. The van der Waals surface area contributed by atoms with Crippen LogP contribution in [0.2, 0.25) is 0 Å². The maximum absolute atomic E-state index is 12.4. The van der Waals surface area contributed by atoms with E-state index < -0.39 is 48.4 Å². The van der Waals surface area contributed by atoms with Crippen LogP contribution in [0.15, 0.2) is 24.3 Å². The number of carbonyl (C=O) groups excluding carboxylic acids is 5. The summed E-state index contributed by atoms with van der Waals surface area (Å²) in [7, 11) is 1.22. The molecule has 2 rings (SSSR count). The van der Waals surface area contributed by atoms with Crippen LogP contribution in [0, 0.1) is 5.92 Å². The Balaban J connectivity index is 1.97. The quantitative estimate of drug-likeness (QED) is 0.505. The van der Waals surface area contributed by atoms with E-state index in [0.717, 1.165) is 4.90 Å². The molecule has 156 valence electrons. The Morgan fingerprint density at radius 2 is 1.59 bits per heavy atom. The van der Waals surface area contributed by atoms with Gasteiger partial charge in [-0.3, -0.25) is 19.3 Å². The van der Waals surface area contributed by atoms with Gasteiger partial charge in [0.25, 0.3) is 17.7 Å². The molecule has 0 saturated heterocycles. The second-order valence-electron chi connectivity index (χ2n) is 6.76. The third-order valence-electron chi connectivity index (χ3n) is 4.88. The van der Waals surface area contributed by atoms with Crippen molar-refractivity contribution in [3.63, 3.8) is 0 Å². The number of carbonyl (C=O) groups is 5. The van der Waals surface area contributed by atoms with E-state index in [9.17, 15) is 24.0 Å². The number of hydrogen-bond acceptors (Lipinski definition) is 7. The number of hydrogen-bond donors (Lipinski definition) is 1. The van der Waals surface area contributed by atoms with Crippen LogP contribution in [0.1, 0.15) is 47.9 Å². The predicted octanol–water partition coefficient (Wildman–Crippen LogP) is 0.918. The monoisotopic (exact) mass is 404 g/mol. The molecule has 9 heteroatoms. The van der Waals surface area contributed by atoms with Gasteiger partial charge in [0, 0.05) is 0 Å². The van der Waals surface area contributed by atoms with Gasteiger partial charge < -0.3 is 14.8 Å². The molecule has 0 bridgehead atoms. The summed E-state index contributed by atoms with van der Waals surface area (Å²) in [6, 6.07) is 4.17. The standard InChI is InChI=1S/C20H24N2O7/c1-5-11(2)16(20(27)28-4)21-15(23)10-29-19(26)12(3)22-17(24)13-8-6-7-9-14(13)18(22)25/h6-9,11-12,16H,5,10H2,1-4H3,(H,21,23)/t11-,12-,16-/m1/s1. The van der Waals surface area contributed by atoms with Crippen molar-refractivity contribution < 1.29 is 33.4 Å². The van der Waals surface area contributed by atoms with E-state index in [1.54, 1.807) is 19.1 Å². The molecule has 0 radical (unpaired) electrons. The zero-order valence-electron chi connectivity index (χ0n) is 16.8. The van der Waals surface area contributed by atoms with Gasteiger partial charge in [0.2, 0.25) is 0 Å². The maximum atomic E-state index is 12.4. The molecule has 0 spiro atoms. The second-order valence-corrected chi connectivity index (χ2v) is 6.76. The molecule has 0 saturated carbocycles. The molecule has 1 aromatic carbocycles. The summed E-state index contributed by atoms with van der Waals surface area (Å²) >= 11 is 0. The van der Waals surface area contributed by atoms with Crippen LogP contribution in [-0.4, -0.2) is 60.4 Å². The highest BCUT2D eigenvalue weighted by Gasteiger charge is 2.41. The Kier molecular flexibility index (Phi) is 7.08. The SMILES string of the molecule is CC[C@@H](C)[C@@H](NC(=O)COC(=O)[C@@H](C)N1C(=O)c2ccccc2C1=O)C(=O)OC. The van der Waals surface area contributed by atoms with Gasteiger partial charge in [-0.15, -0.1) is 0 Å². The zero-order chi connectivity index (χ0) is 21.7. The van der Waals surface area contributed by atoms with E-state index >= 15 is 0 Å². The molecule has 3 amide bonds. The number of esters is 2. The van der Waals surface area contributed by atoms with Crippen LogP contribution in [-0.2, 0) is 23.9 Å². The van der Waals surface area contributed by atoms with Gasteiger partial charge in [-0.05, 0) is 25.0 Å². The van der Waals surface area contributed by atoms with E-state index in [-0.39, 0.29) is 17.0 Å². The number of nitrogens with one attached hydrogen (secondary N) is 1. The molecule has 29 heavy (non-hydrogen) atoms. The molecule has 9 nitrogen and oxygen atoms in total. The van der Waals surface area contributed by atoms with E-state index in [1.807, 2.05) is 6.92 Å². The minimum absolute atomic E-state index is 0.181. The fourth-order valence-electron chi connectivity index (χ4n) is 2.93. The largest absolute Gasteiger partial charge is 0.467 e. The van der Waals surface area contributed by atoms with Crippen LogP contribution >= 0.6 is 0 Å². The van der Waals surface area contributed by atoms with Gasteiger partial charge in [-0.2, -0.15) is 0 Å². The van der Waals surface area contributed by atoms with E-state index in [1.165, 1.54) is 26.2 Å². The first kappa shape index (κ1) is 22.1. The van der Waals surface area contributed by atoms with E-state index in [2.05, 4.69) is 10.1 Å². The van der Waals surface area contributed by atoms with Gasteiger partial charge in [0.1, 0.15) is 12.1 Å². The topological polar surface area (TPSA) is 119 Å². The number of methoxy groups -OCH3 is 1. The predicted molar refractivity (Wildman–Crippen MR) is 101 cm³/mol. The van der Waals surface area contributed by atoms with Gasteiger partial charge >= 0.3 is 11.9 Å². The maximum Gasteiger partial charge on any atom is 0.329 e. The van der Waals surface area contributed by atoms with Crippen molar-refractivity contribution >= 4 is 29.7 Å². The summed E-state index contributed by atoms with van der Waals surface area (Å²) in [5.74, 6) is -3.57. The van der Waals surface area contributed by atoms with Crippen molar-refractivity contribution in [3.05, 3.63) is 35.4 Å². The first-order valence-corrected chi connectivity index (χ1v) is 9.23. The van der Waals surface area contributed by atoms with E-state index in [0.29, 0.717) is 6.42 Å². The van der Waals surface area contributed by atoms with Crippen molar-refractivity contribution in [3.8, 4) is 0 Å².